The summed E-state index contributed by atoms with van der Waals surface area (Å²) in [4.78, 5) is 16.6. The van der Waals surface area contributed by atoms with Gasteiger partial charge in [0.25, 0.3) is 0 Å². The van der Waals surface area contributed by atoms with Gasteiger partial charge in [0.1, 0.15) is 23.0 Å². The van der Waals surface area contributed by atoms with E-state index in [1.165, 1.54) is 0 Å². The molecule has 3 rings (SSSR count). The first-order valence-electron chi connectivity index (χ1n) is 10.2. The quantitative estimate of drug-likeness (QED) is 0.461. The molecule has 1 aromatic heterocycles. The summed E-state index contributed by atoms with van der Waals surface area (Å²) in [5.74, 6) is 0.464. The smallest absolute Gasteiger partial charge is 0.226 e. The van der Waals surface area contributed by atoms with Crippen LogP contribution in [0.15, 0.2) is 52.9 Å². The van der Waals surface area contributed by atoms with Crippen LogP contribution in [0.3, 0.4) is 0 Å². The number of aryl methyl sites for hydroxylation is 3. The van der Waals surface area contributed by atoms with Gasteiger partial charge in [-0.1, -0.05) is 29.8 Å². The Kier molecular flexibility index (Phi) is 7.28. The van der Waals surface area contributed by atoms with Crippen molar-refractivity contribution in [1.82, 2.24) is 4.98 Å². The summed E-state index contributed by atoms with van der Waals surface area (Å²) in [5, 5.41) is 0. The molecule has 7 heteroatoms. The number of oxazole rings is 1. The molecule has 0 radical (unpaired) electrons. The third-order valence-corrected chi connectivity index (χ3v) is 6.33. The first kappa shape index (κ1) is 22.7. The van der Waals surface area contributed by atoms with Gasteiger partial charge in [0.15, 0.2) is 9.84 Å². The van der Waals surface area contributed by atoms with Crippen molar-refractivity contribution in [3.63, 3.8) is 0 Å². The van der Waals surface area contributed by atoms with Gasteiger partial charge in [0.05, 0.1) is 18.1 Å². The van der Waals surface area contributed by atoms with Gasteiger partial charge >= 0.3 is 0 Å². The lowest BCUT2D eigenvalue weighted by molar-refractivity contribution is -0.116. The highest BCUT2D eigenvalue weighted by Gasteiger charge is 2.22. The molecular weight excluding hydrogens is 414 g/mol. The van der Waals surface area contributed by atoms with Crippen LogP contribution in [0.4, 0.5) is 0 Å². The lowest BCUT2D eigenvalue weighted by Gasteiger charge is -2.05. The molecule has 0 aliphatic heterocycles. The van der Waals surface area contributed by atoms with Gasteiger partial charge in [-0.2, -0.15) is 0 Å². The Morgan fingerprint density at radius 2 is 1.71 bits per heavy atom. The first-order valence-corrected chi connectivity index (χ1v) is 12.0. The number of ether oxygens (including phenoxy) is 1. The van der Waals surface area contributed by atoms with Crippen molar-refractivity contribution in [3.05, 3.63) is 71.1 Å². The molecule has 6 nitrogen and oxygen atoms in total. The number of aromatic nitrogens is 1. The highest BCUT2D eigenvalue weighted by molar-refractivity contribution is 7.91. The molecular formula is C24H27NO5S. The maximum atomic E-state index is 12.6. The molecule has 0 saturated heterocycles. The summed E-state index contributed by atoms with van der Waals surface area (Å²) >= 11 is 0. The summed E-state index contributed by atoms with van der Waals surface area (Å²) in [6.07, 6.45) is 0.654. The zero-order chi connectivity index (χ0) is 22.4. The van der Waals surface area contributed by atoms with Crippen molar-refractivity contribution in [2.24, 2.45) is 0 Å². The molecule has 164 valence electrons. The zero-order valence-electron chi connectivity index (χ0n) is 18.1. The zero-order valence-corrected chi connectivity index (χ0v) is 18.9. The van der Waals surface area contributed by atoms with E-state index in [0.29, 0.717) is 30.4 Å². The maximum absolute atomic E-state index is 12.6. The topological polar surface area (TPSA) is 86.5 Å². The number of benzene rings is 2. The molecule has 0 bridgehead atoms. The van der Waals surface area contributed by atoms with Crippen molar-refractivity contribution in [2.75, 3.05) is 12.4 Å². The number of carbonyl (C=O) groups is 1. The Hall–Kier alpha value is -2.93. The lowest BCUT2D eigenvalue weighted by Crippen LogP contribution is -2.18. The minimum atomic E-state index is -3.64. The summed E-state index contributed by atoms with van der Waals surface area (Å²) < 4.78 is 36.2. The minimum absolute atomic E-state index is 0.166. The molecule has 0 unspecified atom stereocenters. The number of hydrogen-bond donors (Lipinski definition) is 0. The van der Waals surface area contributed by atoms with Crippen molar-refractivity contribution >= 4 is 15.6 Å². The summed E-state index contributed by atoms with van der Waals surface area (Å²) in [7, 11) is -3.64. The van der Waals surface area contributed by atoms with Crippen molar-refractivity contribution in [3.8, 4) is 17.2 Å². The maximum Gasteiger partial charge on any atom is 0.226 e. The third kappa shape index (κ3) is 6.52. The van der Waals surface area contributed by atoms with Gasteiger partial charge in [0, 0.05) is 12.0 Å². The van der Waals surface area contributed by atoms with Crippen LogP contribution in [-0.4, -0.2) is 31.5 Å². The molecule has 31 heavy (non-hydrogen) atoms. The predicted octanol–water partition coefficient (Wildman–Crippen LogP) is 4.47. The largest absolute Gasteiger partial charge is 0.494 e. The number of rotatable bonds is 10. The van der Waals surface area contributed by atoms with E-state index in [-0.39, 0.29) is 18.0 Å². The van der Waals surface area contributed by atoms with E-state index < -0.39 is 15.6 Å². The third-order valence-electron chi connectivity index (χ3n) is 4.86. The van der Waals surface area contributed by atoms with Crippen molar-refractivity contribution in [1.29, 1.82) is 0 Å². The number of nitrogens with zero attached hydrogens (tertiary/aromatic N) is 1. The van der Waals surface area contributed by atoms with E-state index in [2.05, 4.69) is 4.98 Å². The summed E-state index contributed by atoms with van der Waals surface area (Å²) in [5.41, 5.74) is 3.20. The molecule has 0 fully saturated rings. The van der Waals surface area contributed by atoms with Gasteiger partial charge in [-0.25, -0.2) is 13.4 Å². The molecule has 0 atom stereocenters. The van der Waals surface area contributed by atoms with Crippen LogP contribution >= 0.6 is 0 Å². The van der Waals surface area contributed by atoms with Crippen LogP contribution in [0.1, 0.15) is 35.9 Å². The molecule has 0 spiro atoms. The fourth-order valence-corrected chi connectivity index (χ4v) is 4.58. The molecule has 0 aliphatic carbocycles. The van der Waals surface area contributed by atoms with Crippen molar-refractivity contribution in [2.45, 2.75) is 39.4 Å². The normalized spacial score (nSPS) is 11.5. The molecule has 0 amide bonds. The Balaban J connectivity index is 1.58. The second-order valence-electron chi connectivity index (χ2n) is 7.54. The first-order chi connectivity index (χ1) is 14.8. The van der Waals surface area contributed by atoms with E-state index in [1.807, 2.05) is 62.4 Å². The average Bonchev–Trinajstić information content (AvgIpc) is 3.07. The number of Topliss-reactive ketones (excluding diaryl/α,β-unsaturated/α-hetero) is 1. The Morgan fingerprint density at radius 1 is 1.03 bits per heavy atom. The Labute approximate surface area is 183 Å². The predicted molar refractivity (Wildman–Crippen MR) is 120 cm³/mol. The Morgan fingerprint density at radius 3 is 2.35 bits per heavy atom. The fraction of sp³-hybridized carbons (Fsp3) is 0.333. The second-order valence-corrected chi connectivity index (χ2v) is 9.60. The van der Waals surface area contributed by atoms with Crippen LogP contribution in [0, 0.1) is 13.8 Å². The molecule has 0 N–H and O–H groups in total. The van der Waals surface area contributed by atoms with E-state index >= 15 is 0 Å². The fourth-order valence-electron chi connectivity index (χ4n) is 3.16. The standard InChI is InChI=1S/C24H27NO5S/c1-4-29-22-13-8-19(9-14-22)7-12-21(26)15-31(27,28)16-23-18(3)30-24(25-23)20-10-5-17(2)6-11-20/h5-6,8-11,13-14H,4,7,12,15-16H2,1-3H3. The van der Waals surface area contributed by atoms with Crippen molar-refractivity contribution < 1.29 is 22.4 Å². The number of hydrogen-bond acceptors (Lipinski definition) is 6. The number of ketones is 1. The number of sulfone groups is 1. The summed E-state index contributed by atoms with van der Waals surface area (Å²) in [6.45, 7) is 6.17. The van der Waals surface area contributed by atoms with E-state index in [4.69, 9.17) is 9.15 Å². The van der Waals surface area contributed by atoms with Crippen LogP contribution in [-0.2, 0) is 26.8 Å². The van der Waals surface area contributed by atoms with Gasteiger partial charge in [-0.15, -0.1) is 0 Å². The van der Waals surface area contributed by atoms with Gasteiger partial charge in [-0.05, 0) is 57.0 Å². The number of carbonyl (C=O) groups excluding carboxylic acids is 1. The highest BCUT2D eigenvalue weighted by atomic mass is 32.2. The second kappa shape index (κ2) is 9.92. The van der Waals surface area contributed by atoms with E-state index in [0.717, 1.165) is 22.4 Å². The molecule has 1 heterocycles. The van der Waals surface area contributed by atoms with Gasteiger partial charge < -0.3 is 9.15 Å². The molecule has 0 aliphatic rings. The van der Waals surface area contributed by atoms with Crippen LogP contribution < -0.4 is 4.74 Å². The summed E-state index contributed by atoms with van der Waals surface area (Å²) in [6, 6.07) is 15.1. The SMILES string of the molecule is CCOc1ccc(CCC(=O)CS(=O)(=O)Cc2nc(-c3ccc(C)cc3)oc2C)cc1. The van der Waals surface area contributed by atoms with Gasteiger partial charge in [0.2, 0.25) is 5.89 Å². The molecule has 0 saturated carbocycles. The monoisotopic (exact) mass is 441 g/mol. The highest BCUT2D eigenvalue weighted by Crippen LogP contribution is 2.23. The van der Waals surface area contributed by atoms with E-state index in [1.54, 1.807) is 6.92 Å². The molecule has 3 aromatic rings. The van der Waals surface area contributed by atoms with Crippen LogP contribution in [0.5, 0.6) is 5.75 Å². The minimum Gasteiger partial charge on any atom is -0.494 e. The van der Waals surface area contributed by atoms with Crippen LogP contribution in [0.2, 0.25) is 0 Å². The Bertz CT molecular complexity index is 1130. The van der Waals surface area contributed by atoms with Gasteiger partial charge in [-0.3, -0.25) is 4.79 Å². The average molecular weight is 442 g/mol. The molecule has 2 aromatic carbocycles. The van der Waals surface area contributed by atoms with E-state index in [9.17, 15) is 13.2 Å². The van der Waals surface area contributed by atoms with Crippen LogP contribution in [0.25, 0.3) is 11.5 Å². The lowest BCUT2D eigenvalue weighted by atomic mass is 10.1.